The zero-order valence-corrected chi connectivity index (χ0v) is 27.1. The molecule has 0 amide bonds. The van der Waals surface area contributed by atoms with Crippen molar-refractivity contribution in [3.8, 4) is 12.1 Å². The molecule has 0 N–H and O–H groups in total. The van der Waals surface area contributed by atoms with E-state index in [2.05, 4.69) is 24.7 Å². The van der Waals surface area contributed by atoms with Gasteiger partial charge in [-0.3, -0.25) is 9.97 Å². The smallest absolute Gasteiger partial charge is 0.337 e. The number of hydrogen-bond acceptors (Lipinski definition) is 10. The van der Waals surface area contributed by atoms with Crippen molar-refractivity contribution < 1.29 is 19.1 Å². The summed E-state index contributed by atoms with van der Waals surface area (Å²) in [7, 11) is 2.71. The van der Waals surface area contributed by atoms with Gasteiger partial charge in [0.2, 0.25) is 0 Å². The normalized spacial score (nSPS) is 9.76. The minimum absolute atomic E-state index is 0. The molecule has 0 bridgehead atoms. The van der Waals surface area contributed by atoms with Crippen LogP contribution < -0.4 is 0 Å². The molecule has 0 saturated carbocycles. The van der Waals surface area contributed by atoms with Gasteiger partial charge in [0.15, 0.2) is 0 Å². The largest absolute Gasteiger partial charge is 0.465 e. The van der Waals surface area contributed by atoms with Crippen LogP contribution in [0.1, 0.15) is 62.0 Å². The average molecular weight is 673 g/mol. The van der Waals surface area contributed by atoms with E-state index in [-0.39, 0.29) is 19.4 Å². The Bertz CT molecular complexity index is 2180. The quantitative estimate of drug-likeness (QED) is 0.133. The molecular formula is C38H33ClN6O4. The number of halogens is 1. The highest BCUT2D eigenvalue weighted by Crippen LogP contribution is 2.18. The maximum atomic E-state index is 11.6. The molecular weight excluding hydrogens is 640 g/mol. The first-order valence-electron chi connectivity index (χ1n) is 14.5. The van der Waals surface area contributed by atoms with Crippen LogP contribution in [0.25, 0.3) is 21.8 Å². The maximum absolute atomic E-state index is 11.6. The van der Waals surface area contributed by atoms with Gasteiger partial charge in [-0.15, -0.1) is 11.6 Å². The molecule has 49 heavy (non-hydrogen) atoms. The summed E-state index contributed by atoms with van der Waals surface area (Å²) in [6.07, 6.45) is 3.78. The van der Waals surface area contributed by atoms with Crippen molar-refractivity contribution >= 4 is 45.3 Å². The molecule has 0 atom stereocenters. The summed E-state index contributed by atoms with van der Waals surface area (Å²) in [4.78, 5) is 39.1. The Kier molecular flexibility index (Phi) is 13.8. The van der Waals surface area contributed by atoms with E-state index in [1.165, 1.54) is 14.2 Å². The summed E-state index contributed by atoms with van der Waals surface area (Å²) >= 11 is 5.71. The molecule has 6 aromatic rings. The topological polar surface area (TPSA) is 152 Å². The van der Waals surface area contributed by atoms with Crippen LogP contribution in [0.5, 0.6) is 0 Å². The predicted octanol–water partition coefficient (Wildman–Crippen LogP) is 7.54. The molecule has 0 saturated heterocycles. The molecule has 2 aromatic carbocycles. The Hall–Kier alpha value is -6.23. The maximum Gasteiger partial charge on any atom is 0.337 e. The summed E-state index contributed by atoms with van der Waals surface area (Å²) in [5.74, 6) is -0.202. The van der Waals surface area contributed by atoms with Crippen LogP contribution in [0.2, 0.25) is 0 Å². The number of ether oxygens (including phenoxy) is 2. The first-order valence-corrected chi connectivity index (χ1v) is 15.0. The van der Waals surface area contributed by atoms with Crippen molar-refractivity contribution in [2.45, 2.75) is 26.7 Å². The number of methoxy groups -OCH3 is 2. The van der Waals surface area contributed by atoms with Crippen molar-refractivity contribution in [3.05, 3.63) is 142 Å². The number of nitriles is 2. The molecule has 0 aliphatic rings. The highest BCUT2D eigenvalue weighted by atomic mass is 35.5. The molecule has 0 spiro atoms. The second-order valence-electron chi connectivity index (χ2n) is 10.2. The number of esters is 2. The van der Waals surface area contributed by atoms with E-state index < -0.39 is 0 Å². The van der Waals surface area contributed by atoms with Crippen LogP contribution in [0.3, 0.4) is 0 Å². The summed E-state index contributed by atoms with van der Waals surface area (Å²) in [6.45, 7) is 1.83. The molecule has 4 aromatic heterocycles. The van der Waals surface area contributed by atoms with Crippen LogP contribution in [-0.2, 0) is 21.8 Å². The van der Waals surface area contributed by atoms with Gasteiger partial charge in [0.05, 0.1) is 36.4 Å². The first-order chi connectivity index (χ1) is 23.3. The molecule has 6 rings (SSSR count). The van der Waals surface area contributed by atoms with Gasteiger partial charge in [-0.1, -0.05) is 19.6 Å². The lowest BCUT2D eigenvalue weighted by Crippen LogP contribution is -2.03. The standard InChI is InChI=1S/C18H13N3O2.C11H7ClN2.C8H9NO2.CH4/c1-23-18(22)14-6-7-20-16(10-14)9-12-2-5-17-13(8-12)3-4-15(11-19)21-17;12-6-8-1-4-11-9(5-8)2-3-10(7-13)14-11;1-6-5-7(3-4-9-6)8(10)11-2;/h2-8,10H,9H2,1H3;1-5H,6H2;3-5H,1-2H3;1H4. The molecule has 0 unspecified atom stereocenters. The van der Waals surface area contributed by atoms with Gasteiger partial charge in [-0.25, -0.2) is 19.6 Å². The van der Waals surface area contributed by atoms with E-state index >= 15 is 0 Å². The number of aryl methyl sites for hydroxylation is 1. The number of alkyl halides is 1. The van der Waals surface area contributed by atoms with Crippen molar-refractivity contribution in [3.63, 3.8) is 0 Å². The number of aromatic nitrogens is 4. The van der Waals surface area contributed by atoms with E-state index in [9.17, 15) is 9.59 Å². The summed E-state index contributed by atoms with van der Waals surface area (Å²) in [5, 5.41) is 19.5. The van der Waals surface area contributed by atoms with Crippen LogP contribution in [0.4, 0.5) is 0 Å². The highest BCUT2D eigenvalue weighted by Gasteiger charge is 2.08. The van der Waals surface area contributed by atoms with E-state index in [0.29, 0.717) is 34.8 Å². The van der Waals surface area contributed by atoms with Crippen molar-refractivity contribution in [2.24, 2.45) is 0 Å². The molecule has 246 valence electrons. The minimum atomic E-state index is -0.375. The first kappa shape index (κ1) is 37.2. The second kappa shape index (κ2) is 18.2. The number of benzene rings is 2. The minimum Gasteiger partial charge on any atom is -0.465 e. The number of hydrogen-bond donors (Lipinski definition) is 0. The number of carbonyl (C=O) groups excluding carboxylic acids is 2. The molecule has 0 aliphatic carbocycles. The summed E-state index contributed by atoms with van der Waals surface area (Å²) in [6, 6.07) is 29.5. The molecule has 11 heteroatoms. The monoisotopic (exact) mass is 672 g/mol. The number of carbonyl (C=O) groups is 2. The van der Waals surface area contributed by atoms with E-state index in [1.54, 1.807) is 48.8 Å². The van der Waals surface area contributed by atoms with Gasteiger partial charge in [-0.2, -0.15) is 10.5 Å². The molecule has 0 aliphatic heterocycles. The second-order valence-corrected chi connectivity index (χ2v) is 10.5. The van der Waals surface area contributed by atoms with Crippen LogP contribution in [-0.4, -0.2) is 46.1 Å². The Labute approximate surface area is 289 Å². The van der Waals surface area contributed by atoms with Gasteiger partial charge in [-0.05, 0) is 90.8 Å². The molecule has 10 nitrogen and oxygen atoms in total. The van der Waals surface area contributed by atoms with E-state index in [4.69, 9.17) is 26.9 Å². The van der Waals surface area contributed by atoms with Gasteiger partial charge in [0.25, 0.3) is 0 Å². The number of fused-ring (bicyclic) bond motifs is 2. The Morgan fingerprint density at radius 1 is 0.694 bits per heavy atom. The van der Waals surface area contributed by atoms with Gasteiger partial charge in [0, 0.05) is 46.9 Å². The van der Waals surface area contributed by atoms with Crippen molar-refractivity contribution in [1.29, 1.82) is 10.5 Å². The van der Waals surface area contributed by atoms with Crippen LogP contribution >= 0.6 is 11.6 Å². The third kappa shape index (κ3) is 10.4. The molecule has 0 fully saturated rings. The van der Waals surface area contributed by atoms with Crippen LogP contribution in [0, 0.1) is 29.6 Å². The van der Waals surface area contributed by atoms with Gasteiger partial charge < -0.3 is 9.47 Å². The molecule has 4 heterocycles. The van der Waals surface area contributed by atoms with E-state index in [0.717, 1.165) is 44.3 Å². The third-order valence-electron chi connectivity index (χ3n) is 6.83. The highest BCUT2D eigenvalue weighted by molar-refractivity contribution is 6.17. The zero-order chi connectivity index (χ0) is 34.5. The fraction of sp³-hybridized carbons (Fsp3) is 0.158. The SMILES string of the molecule is C.COC(=O)c1ccnc(C)c1.COC(=O)c1ccnc(Cc2ccc3nc(C#N)ccc3c2)c1.N#Cc1ccc2cc(CCl)ccc2n1. The van der Waals surface area contributed by atoms with Crippen molar-refractivity contribution in [2.75, 3.05) is 14.2 Å². The average Bonchev–Trinajstić information content (AvgIpc) is 3.14. The lowest BCUT2D eigenvalue weighted by atomic mass is 10.0. The van der Waals surface area contributed by atoms with Gasteiger partial charge >= 0.3 is 11.9 Å². The van der Waals surface area contributed by atoms with Gasteiger partial charge in [0.1, 0.15) is 23.5 Å². The predicted molar refractivity (Wildman–Crippen MR) is 188 cm³/mol. The Morgan fingerprint density at radius 3 is 1.71 bits per heavy atom. The Balaban J connectivity index is 0.000000214. The summed E-state index contributed by atoms with van der Waals surface area (Å²) < 4.78 is 9.24. The zero-order valence-electron chi connectivity index (χ0n) is 26.3. The fourth-order valence-corrected chi connectivity index (χ4v) is 4.65. The van der Waals surface area contributed by atoms with Crippen LogP contribution in [0.15, 0.2) is 97.3 Å². The van der Waals surface area contributed by atoms with Crippen molar-refractivity contribution in [1.82, 2.24) is 19.9 Å². The number of rotatable bonds is 5. The third-order valence-corrected chi connectivity index (χ3v) is 7.14. The fourth-order valence-electron chi connectivity index (χ4n) is 4.49. The van der Waals surface area contributed by atoms with E-state index in [1.807, 2.05) is 67.6 Å². The lowest BCUT2D eigenvalue weighted by molar-refractivity contribution is 0.0591. The Morgan fingerprint density at radius 2 is 1.20 bits per heavy atom. The number of nitrogens with zero attached hydrogens (tertiary/aromatic N) is 6. The lowest BCUT2D eigenvalue weighted by Gasteiger charge is -2.05. The number of pyridine rings is 4. The summed E-state index contributed by atoms with van der Waals surface area (Å²) in [5.41, 5.74) is 7.19. The molecule has 0 radical (unpaired) electrons.